The van der Waals surface area contributed by atoms with Crippen molar-refractivity contribution < 1.29 is 9.59 Å². The van der Waals surface area contributed by atoms with Crippen LogP contribution in [0.3, 0.4) is 0 Å². The summed E-state index contributed by atoms with van der Waals surface area (Å²) >= 11 is 1.76. The number of thiophene rings is 1. The summed E-state index contributed by atoms with van der Waals surface area (Å²) in [6.07, 6.45) is 1.03. The van der Waals surface area contributed by atoms with E-state index >= 15 is 0 Å². The summed E-state index contributed by atoms with van der Waals surface area (Å²) in [6.45, 7) is 3.03. The molecule has 1 aliphatic rings. The Morgan fingerprint density at radius 2 is 1.49 bits per heavy atom. The Morgan fingerprint density at radius 1 is 0.892 bits per heavy atom. The molecule has 2 unspecified atom stereocenters. The van der Waals surface area contributed by atoms with Crippen LogP contribution >= 0.6 is 11.3 Å². The average Bonchev–Trinajstić information content (AvgIpc) is 3.43. The number of hydrogen-bond donors (Lipinski definition) is 1. The molecule has 0 saturated heterocycles. The molecule has 0 saturated carbocycles. The van der Waals surface area contributed by atoms with E-state index in [0.29, 0.717) is 13.1 Å². The number of carbonyl (C=O) groups is 2. The summed E-state index contributed by atoms with van der Waals surface area (Å²) in [5.74, 6) is -0.414. The molecule has 5 rings (SSSR count). The predicted molar refractivity (Wildman–Crippen MR) is 150 cm³/mol. The minimum Gasteiger partial charge on any atom is -0.355 e. The van der Waals surface area contributed by atoms with Gasteiger partial charge in [0.05, 0.1) is 6.04 Å². The third-order valence-electron chi connectivity index (χ3n) is 7.18. The molecule has 3 aromatic carbocycles. The van der Waals surface area contributed by atoms with Crippen molar-refractivity contribution in [2.45, 2.75) is 31.7 Å². The van der Waals surface area contributed by atoms with Gasteiger partial charge in [0.1, 0.15) is 0 Å². The number of nitrogens with one attached hydrogen (secondary N) is 1. The molecule has 5 heteroatoms. The third-order valence-corrected chi connectivity index (χ3v) is 8.18. The van der Waals surface area contributed by atoms with Gasteiger partial charge in [-0.15, -0.1) is 11.3 Å². The van der Waals surface area contributed by atoms with Crippen LogP contribution in [0.1, 0.15) is 52.4 Å². The Bertz CT molecular complexity index is 1280. The number of hydrogen-bond acceptors (Lipinski definition) is 3. The molecule has 37 heavy (non-hydrogen) atoms. The summed E-state index contributed by atoms with van der Waals surface area (Å²) in [4.78, 5) is 30.0. The van der Waals surface area contributed by atoms with Gasteiger partial charge in [-0.05, 0) is 40.1 Å². The van der Waals surface area contributed by atoms with Gasteiger partial charge in [0.25, 0.3) is 0 Å². The summed E-state index contributed by atoms with van der Waals surface area (Å²) in [7, 11) is 0. The number of fused-ring (bicyclic) bond motifs is 1. The van der Waals surface area contributed by atoms with Crippen LogP contribution in [0.4, 0.5) is 0 Å². The van der Waals surface area contributed by atoms with Crippen LogP contribution in [0.2, 0.25) is 0 Å². The maximum atomic E-state index is 13.7. The van der Waals surface area contributed by atoms with Crippen molar-refractivity contribution in [1.82, 2.24) is 10.2 Å². The summed E-state index contributed by atoms with van der Waals surface area (Å²) in [6, 6.07) is 32.7. The van der Waals surface area contributed by atoms with E-state index < -0.39 is 5.92 Å². The highest BCUT2D eigenvalue weighted by atomic mass is 32.1. The zero-order valence-electron chi connectivity index (χ0n) is 21.0. The fourth-order valence-corrected chi connectivity index (χ4v) is 6.19. The van der Waals surface area contributed by atoms with Gasteiger partial charge in [0.2, 0.25) is 11.8 Å². The highest BCUT2D eigenvalue weighted by Gasteiger charge is 2.35. The molecule has 1 aromatic heterocycles. The van der Waals surface area contributed by atoms with E-state index in [4.69, 9.17) is 0 Å². The van der Waals surface area contributed by atoms with E-state index in [1.54, 1.807) is 11.3 Å². The molecule has 0 aliphatic carbocycles. The summed E-state index contributed by atoms with van der Waals surface area (Å²) < 4.78 is 0. The van der Waals surface area contributed by atoms with Gasteiger partial charge in [-0.2, -0.15) is 0 Å². The standard InChI is InChI=1S/C32H32N2O2S/c1-23(21-30(35)33-22-28(24-11-5-2-6-12-24)25-13-7-3-8-14-25)32(36)34-19-17-29-27(18-20-37-29)31(34)26-15-9-4-10-16-26/h2-16,18,20,23,28,31H,17,19,21-22H2,1H3,(H,33,35). The predicted octanol–water partition coefficient (Wildman–Crippen LogP) is 6.20. The van der Waals surface area contributed by atoms with Crippen LogP contribution in [0.25, 0.3) is 0 Å². The normalized spacial score (nSPS) is 15.7. The van der Waals surface area contributed by atoms with Crippen molar-refractivity contribution in [3.05, 3.63) is 130 Å². The smallest absolute Gasteiger partial charge is 0.226 e. The van der Waals surface area contributed by atoms with Gasteiger partial charge in [0, 0.05) is 36.2 Å². The zero-order chi connectivity index (χ0) is 25.6. The van der Waals surface area contributed by atoms with Crippen LogP contribution in [-0.4, -0.2) is 29.8 Å². The minimum absolute atomic E-state index is 0.0310. The highest BCUT2D eigenvalue weighted by molar-refractivity contribution is 7.10. The summed E-state index contributed by atoms with van der Waals surface area (Å²) in [5.41, 5.74) is 4.63. The van der Waals surface area contributed by atoms with Gasteiger partial charge in [-0.25, -0.2) is 0 Å². The lowest BCUT2D eigenvalue weighted by molar-refractivity contribution is -0.139. The fourth-order valence-electron chi connectivity index (χ4n) is 5.28. The molecule has 0 spiro atoms. The molecule has 2 amide bonds. The lowest BCUT2D eigenvalue weighted by Crippen LogP contribution is -2.43. The first-order valence-electron chi connectivity index (χ1n) is 12.9. The molecular formula is C32H32N2O2S. The Balaban J connectivity index is 1.27. The van der Waals surface area contributed by atoms with Crippen LogP contribution in [0, 0.1) is 5.92 Å². The van der Waals surface area contributed by atoms with Crippen molar-refractivity contribution in [2.75, 3.05) is 13.1 Å². The molecule has 1 N–H and O–H groups in total. The monoisotopic (exact) mass is 508 g/mol. The second-order valence-electron chi connectivity index (χ2n) is 9.68. The second-order valence-corrected chi connectivity index (χ2v) is 10.7. The van der Waals surface area contributed by atoms with Crippen molar-refractivity contribution >= 4 is 23.2 Å². The van der Waals surface area contributed by atoms with Gasteiger partial charge in [-0.1, -0.05) is 97.9 Å². The molecule has 0 bridgehead atoms. The van der Waals surface area contributed by atoms with E-state index in [1.807, 2.05) is 66.4 Å². The third kappa shape index (κ3) is 5.67. The number of benzene rings is 3. The molecule has 4 nitrogen and oxygen atoms in total. The van der Waals surface area contributed by atoms with E-state index in [1.165, 1.54) is 10.4 Å². The zero-order valence-corrected chi connectivity index (χ0v) is 21.9. The second kappa shape index (κ2) is 11.6. The molecule has 188 valence electrons. The van der Waals surface area contributed by atoms with E-state index in [0.717, 1.165) is 23.1 Å². The number of nitrogens with zero attached hydrogens (tertiary/aromatic N) is 1. The maximum Gasteiger partial charge on any atom is 0.226 e. The molecule has 2 atom stereocenters. The molecule has 4 aromatic rings. The molecule has 2 heterocycles. The van der Waals surface area contributed by atoms with Gasteiger partial charge < -0.3 is 10.2 Å². The minimum atomic E-state index is -0.404. The fraction of sp³-hybridized carbons (Fsp3) is 0.250. The van der Waals surface area contributed by atoms with E-state index in [9.17, 15) is 9.59 Å². The Morgan fingerprint density at radius 3 is 2.11 bits per heavy atom. The van der Waals surface area contributed by atoms with E-state index in [2.05, 4.69) is 53.2 Å². The molecule has 0 radical (unpaired) electrons. The largest absolute Gasteiger partial charge is 0.355 e. The van der Waals surface area contributed by atoms with Crippen LogP contribution in [-0.2, 0) is 16.0 Å². The van der Waals surface area contributed by atoms with Crippen LogP contribution < -0.4 is 5.32 Å². The number of amides is 2. The maximum absolute atomic E-state index is 13.7. The molecule has 1 aliphatic heterocycles. The SMILES string of the molecule is CC(CC(=O)NCC(c1ccccc1)c1ccccc1)C(=O)N1CCc2sccc2C1c1ccccc1. The van der Waals surface area contributed by atoms with Crippen LogP contribution in [0.5, 0.6) is 0 Å². The molecular weight excluding hydrogens is 476 g/mol. The lowest BCUT2D eigenvalue weighted by atomic mass is 9.91. The average molecular weight is 509 g/mol. The van der Waals surface area contributed by atoms with Crippen molar-refractivity contribution in [2.24, 2.45) is 5.92 Å². The topological polar surface area (TPSA) is 49.4 Å². The van der Waals surface area contributed by atoms with E-state index in [-0.39, 0.29) is 30.2 Å². The number of rotatable bonds is 8. The Kier molecular flexibility index (Phi) is 7.81. The van der Waals surface area contributed by atoms with Crippen molar-refractivity contribution in [3.63, 3.8) is 0 Å². The van der Waals surface area contributed by atoms with Crippen LogP contribution in [0.15, 0.2) is 102 Å². The lowest BCUT2D eigenvalue weighted by Gasteiger charge is -2.37. The molecule has 0 fully saturated rings. The number of carbonyl (C=O) groups excluding carboxylic acids is 2. The van der Waals surface area contributed by atoms with Crippen molar-refractivity contribution in [3.8, 4) is 0 Å². The first kappa shape index (κ1) is 25.0. The Labute approximate surface area is 223 Å². The summed E-state index contributed by atoms with van der Waals surface area (Å²) in [5, 5.41) is 5.23. The first-order chi connectivity index (χ1) is 18.1. The first-order valence-corrected chi connectivity index (χ1v) is 13.8. The van der Waals surface area contributed by atoms with Crippen molar-refractivity contribution in [1.29, 1.82) is 0 Å². The highest BCUT2D eigenvalue weighted by Crippen LogP contribution is 2.38. The van der Waals surface area contributed by atoms with Gasteiger partial charge in [-0.3, -0.25) is 9.59 Å². The Hall–Kier alpha value is -3.70. The van der Waals surface area contributed by atoms with Gasteiger partial charge in [0.15, 0.2) is 0 Å². The van der Waals surface area contributed by atoms with Gasteiger partial charge >= 0.3 is 0 Å². The quantitative estimate of drug-likeness (QED) is 0.308.